The fourth-order valence-corrected chi connectivity index (χ4v) is 2.08. The molecule has 0 spiro atoms. The number of aryl methyl sites for hydroxylation is 1. The van der Waals surface area contributed by atoms with Gasteiger partial charge in [-0.1, -0.05) is 11.8 Å². The number of nitrogens with two attached hydrogens (primary N) is 1. The number of hydrogen-bond donors (Lipinski definition) is 1. The molecular weight excluding hydrogens is 213 g/mol. The van der Waals surface area contributed by atoms with E-state index in [0.717, 1.165) is 15.6 Å². The van der Waals surface area contributed by atoms with Gasteiger partial charge in [-0.3, -0.25) is 0 Å². The molecule has 78 valence electrons. The molecule has 1 heterocycles. The number of halogens is 1. The molecule has 0 aliphatic carbocycles. The van der Waals surface area contributed by atoms with Crippen LogP contribution >= 0.6 is 11.8 Å². The number of anilines is 1. The molecule has 2 nitrogen and oxygen atoms in total. The summed E-state index contributed by atoms with van der Waals surface area (Å²) in [6, 6.07) is 6.25. The molecule has 0 fully saturated rings. The predicted octanol–water partition coefficient (Wildman–Crippen LogP) is 3.46. The first-order chi connectivity index (χ1) is 7.16. The van der Waals surface area contributed by atoms with Crippen LogP contribution in [0.1, 0.15) is 5.76 Å². The Labute approximate surface area is 91.3 Å². The van der Waals surface area contributed by atoms with Gasteiger partial charge in [0.15, 0.2) is 0 Å². The van der Waals surface area contributed by atoms with Crippen LogP contribution in [0, 0.1) is 12.7 Å². The van der Waals surface area contributed by atoms with Gasteiger partial charge in [-0.2, -0.15) is 0 Å². The summed E-state index contributed by atoms with van der Waals surface area (Å²) in [5, 5.41) is 0. The first kappa shape index (κ1) is 10.1. The van der Waals surface area contributed by atoms with E-state index < -0.39 is 0 Å². The highest BCUT2D eigenvalue weighted by molar-refractivity contribution is 7.99. The smallest absolute Gasteiger partial charge is 0.125 e. The fourth-order valence-electron chi connectivity index (χ4n) is 1.21. The third-order valence-corrected chi connectivity index (χ3v) is 3.24. The van der Waals surface area contributed by atoms with Crippen molar-refractivity contribution in [3.8, 4) is 0 Å². The Morgan fingerprint density at radius 2 is 2.07 bits per heavy atom. The number of furan rings is 1. The summed E-state index contributed by atoms with van der Waals surface area (Å²) < 4.78 is 18.0. The SMILES string of the molecule is Cc1occc1Sc1ccc(F)cc1N. The normalized spacial score (nSPS) is 10.5. The number of benzene rings is 1. The second-order valence-corrected chi connectivity index (χ2v) is 4.21. The zero-order chi connectivity index (χ0) is 10.8. The number of hydrogen-bond acceptors (Lipinski definition) is 3. The lowest BCUT2D eigenvalue weighted by Gasteiger charge is -2.03. The maximum Gasteiger partial charge on any atom is 0.125 e. The van der Waals surface area contributed by atoms with E-state index in [0.29, 0.717) is 5.69 Å². The van der Waals surface area contributed by atoms with Crippen molar-refractivity contribution in [2.75, 3.05) is 5.73 Å². The van der Waals surface area contributed by atoms with Gasteiger partial charge in [-0.25, -0.2) is 4.39 Å². The molecular formula is C11H10FNOS. The van der Waals surface area contributed by atoms with Gasteiger partial charge in [0.05, 0.1) is 11.2 Å². The second kappa shape index (κ2) is 3.98. The molecule has 1 aromatic carbocycles. The third-order valence-electron chi connectivity index (χ3n) is 2.00. The van der Waals surface area contributed by atoms with Crippen LogP contribution in [0.4, 0.5) is 10.1 Å². The topological polar surface area (TPSA) is 39.2 Å². The van der Waals surface area contributed by atoms with Crippen molar-refractivity contribution in [1.29, 1.82) is 0 Å². The summed E-state index contributed by atoms with van der Waals surface area (Å²) >= 11 is 1.47. The van der Waals surface area contributed by atoms with Gasteiger partial charge in [0.2, 0.25) is 0 Å². The third kappa shape index (κ3) is 2.15. The summed E-state index contributed by atoms with van der Waals surface area (Å²) in [4.78, 5) is 1.83. The minimum atomic E-state index is -0.319. The molecule has 0 atom stereocenters. The quantitative estimate of drug-likeness (QED) is 0.792. The lowest BCUT2D eigenvalue weighted by Crippen LogP contribution is -1.89. The van der Waals surface area contributed by atoms with Crippen molar-refractivity contribution in [2.45, 2.75) is 16.7 Å². The van der Waals surface area contributed by atoms with E-state index in [1.54, 1.807) is 12.3 Å². The van der Waals surface area contributed by atoms with E-state index in [1.165, 1.54) is 23.9 Å². The summed E-state index contributed by atoms with van der Waals surface area (Å²) in [7, 11) is 0. The lowest BCUT2D eigenvalue weighted by atomic mass is 10.3. The summed E-state index contributed by atoms with van der Waals surface area (Å²) in [5.74, 6) is 0.518. The van der Waals surface area contributed by atoms with E-state index in [9.17, 15) is 4.39 Å². The first-order valence-electron chi connectivity index (χ1n) is 4.44. The molecule has 0 amide bonds. The van der Waals surface area contributed by atoms with Crippen molar-refractivity contribution in [2.24, 2.45) is 0 Å². The summed E-state index contributed by atoms with van der Waals surface area (Å²) in [5.41, 5.74) is 6.14. The molecule has 0 radical (unpaired) electrons. The first-order valence-corrected chi connectivity index (χ1v) is 5.25. The molecule has 0 bridgehead atoms. The maximum absolute atomic E-state index is 12.8. The Hall–Kier alpha value is -1.42. The summed E-state index contributed by atoms with van der Waals surface area (Å²) in [6.07, 6.45) is 1.62. The maximum atomic E-state index is 12.8. The Morgan fingerprint density at radius 3 is 2.67 bits per heavy atom. The fraction of sp³-hybridized carbons (Fsp3) is 0.0909. The minimum Gasteiger partial charge on any atom is -0.468 e. The van der Waals surface area contributed by atoms with Crippen molar-refractivity contribution in [1.82, 2.24) is 0 Å². The largest absolute Gasteiger partial charge is 0.468 e. The average Bonchev–Trinajstić information content (AvgIpc) is 2.57. The van der Waals surface area contributed by atoms with Crippen LogP contribution in [-0.4, -0.2) is 0 Å². The number of nitrogen functional groups attached to an aromatic ring is 1. The van der Waals surface area contributed by atoms with E-state index in [4.69, 9.17) is 10.2 Å². The molecule has 0 aliphatic heterocycles. The molecule has 2 N–H and O–H groups in total. The Bertz CT molecular complexity index is 481. The molecule has 15 heavy (non-hydrogen) atoms. The van der Waals surface area contributed by atoms with Crippen molar-refractivity contribution in [3.05, 3.63) is 42.1 Å². The number of rotatable bonds is 2. The molecule has 4 heteroatoms. The molecule has 0 aliphatic rings. The van der Waals surface area contributed by atoms with E-state index in [-0.39, 0.29) is 5.82 Å². The average molecular weight is 223 g/mol. The van der Waals surface area contributed by atoms with Crippen LogP contribution in [0.15, 0.2) is 44.7 Å². The minimum absolute atomic E-state index is 0.319. The van der Waals surface area contributed by atoms with E-state index in [1.807, 2.05) is 13.0 Å². The molecule has 0 saturated heterocycles. The highest BCUT2D eigenvalue weighted by atomic mass is 32.2. The van der Waals surface area contributed by atoms with Crippen LogP contribution in [0.3, 0.4) is 0 Å². The van der Waals surface area contributed by atoms with Gasteiger partial charge in [-0.15, -0.1) is 0 Å². The zero-order valence-electron chi connectivity index (χ0n) is 8.16. The molecule has 2 rings (SSSR count). The van der Waals surface area contributed by atoms with Gasteiger partial charge >= 0.3 is 0 Å². The Morgan fingerprint density at radius 1 is 1.27 bits per heavy atom. The van der Waals surface area contributed by atoms with Gasteiger partial charge in [-0.05, 0) is 31.2 Å². The molecule has 0 unspecified atom stereocenters. The van der Waals surface area contributed by atoms with Gasteiger partial charge in [0, 0.05) is 10.6 Å². The molecule has 2 aromatic rings. The van der Waals surface area contributed by atoms with Crippen molar-refractivity contribution < 1.29 is 8.81 Å². The molecule has 0 saturated carbocycles. The van der Waals surface area contributed by atoms with E-state index >= 15 is 0 Å². The van der Waals surface area contributed by atoms with E-state index in [2.05, 4.69) is 0 Å². The van der Waals surface area contributed by atoms with Crippen LogP contribution in [0.2, 0.25) is 0 Å². The highest BCUT2D eigenvalue weighted by Gasteiger charge is 2.06. The second-order valence-electron chi connectivity index (χ2n) is 3.13. The lowest BCUT2D eigenvalue weighted by molar-refractivity contribution is 0.527. The van der Waals surface area contributed by atoms with Gasteiger partial charge in [0.25, 0.3) is 0 Å². The predicted molar refractivity (Wildman–Crippen MR) is 58.4 cm³/mol. The monoisotopic (exact) mass is 223 g/mol. The summed E-state index contributed by atoms with van der Waals surface area (Å²) in [6.45, 7) is 1.88. The van der Waals surface area contributed by atoms with Crippen molar-refractivity contribution >= 4 is 17.4 Å². The standard InChI is InChI=1S/C11H10FNOS/c1-7-10(4-5-14-7)15-11-3-2-8(12)6-9(11)13/h2-6H,13H2,1H3. The Balaban J connectivity index is 2.29. The zero-order valence-corrected chi connectivity index (χ0v) is 8.98. The molecule has 1 aromatic heterocycles. The van der Waals surface area contributed by atoms with Gasteiger partial charge < -0.3 is 10.2 Å². The van der Waals surface area contributed by atoms with Crippen LogP contribution < -0.4 is 5.73 Å². The van der Waals surface area contributed by atoms with Crippen molar-refractivity contribution in [3.63, 3.8) is 0 Å². The highest BCUT2D eigenvalue weighted by Crippen LogP contribution is 2.34. The van der Waals surface area contributed by atoms with Crippen LogP contribution in [0.25, 0.3) is 0 Å². The van der Waals surface area contributed by atoms with Crippen LogP contribution in [0.5, 0.6) is 0 Å². The van der Waals surface area contributed by atoms with Crippen LogP contribution in [-0.2, 0) is 0 Å². The van der Waals surface area contributed by atoms with Gasteiger partial charge in [0.1, 0.15) is 11.6 Å². The Kier molecular flexibility index (Phi) is 2.68.